The van der Waals surface area contributed by atoms with Crippen LogP contribution in [0.3, 0.4) is 0 Å². The third-order valence-electron chi connectivity index (χ3n) is 8.59. The maximum absolute atomic E-state index is 14.1. The van der Waals surface area contributed by atoms with Crippen molar-refractivity contribution < 1.29 is 31.1 Å². The molecular formula is C27H30FN3O6S3. The van der Waals surface area contributed by atoms with Crippen LogP contribution in [0.5, 0.6) is 0 Å². The second-order valence-corrected chi connectivity index (χ2v) is 15.9. The van der Waals surface area contributed by atoms with E-state index < -0.39 is 25.8 Å². The number of rotatable bonds is 6. The summed E-state index contributed by atoms with van der Waals surface area (Å²) in [5.41, 5.74) is 0.917. The lowest BCUT2D eigenvalue weighted by Crippen LogP contribution is -2.57. The Morgan fingerprint density at radius 1 is 1.15 bits per heavy atom. The van der Waals surface area contributed by atoms with Crippen LogP contribution >= 0.6 is 11.3 Å². The molecule has 3 fully saturated rings. The number of sulfone groups is 1. The van der Waals surface area contributed by atoms with Gasteiger partial charge in [0.2, 0.25) is 0 Å². The van der Waals surface area contributed by atoms with E-state index in [0.717, 1.165) is 55.3 Å². The van der Waals surface area contributed by atoms with Gasteiger partial charge in [-0.1, -0.05) is 18.6 Å². The molecule has 1 aromatic heterocycles. The first-order valence-corrected chi connectivity index (χ1v) is 17.7. The van der Waals surface area contributed by atoms with Crippen molar-refractivity contribution in [3.05, 3.63) is 57.9 Å². The molecular weight excluding hydrogens is 578 g/mol. The molecule has 3 aliphatic carbocycles. The monoisotopic (exact) mass is 607 g/mol. The number of hydrogen-bond donors (Lipinski definition) is 2. The van der Waals surface area contributed by atoms with Crippen molar-refractivity contribution in [3.63, 3.8) is 0 Å². The number of amidine groups is 1. The van der Waals surface area contributed by atoms with E-state index in [1.54, 1.807) is 22.4 Å². The third-order valence-corrected chi connectivity index (χ3v) is 12.0. The topological polar surface area (TPSA) is 133 Å². The number of aliphatic hydroxyl groups excluding tert-OH is 1. The minimum Gasteiger partial charge on any atom is -0.511 e. The van der Waals surface area contributed by atoms with E-state index in [0.29, 0.717) is 5.56 Å². The number of thiophene rings is 1. The molecule has 9 nitrogen and oxygen atoms in total. The van der Waals surface area contributed by atoms with E-state index in [9.17, 15) is 31.1 Å². The fourth-order valence-electron chi connectivity index (χ4n) is 6.83. The summed E-state index contributed by atoms with van der Waals surface area (Å²) in [6.45, 7) is 0.195. The average molecular weight is 608 g/mol. The summed E-state index contributed by atoms with van der Waals surface area (Å²) in [5.74, 6) is -1.48. The van der Waals surface area contributed by atoms with Crippen LogP contribution in [0.25, 0.3) is 0 Å². The minimum absolute atomic E-state index is 0.0155. The maximum atomic E-state index is 14.1. The Bertz CT molecular complexity index is 1640. The van der Waals surface area contributed by atoms with Crippen LogP contribution in [0.1, 0.15) is 43.2 Å². The molecule has 3 heterocycles. The SMILES string of the molecule is CS(=O)(=O)CCc1csc2c1S(=O)(=O)N=C(C1=C(O)C3C4CCCC(CC4)C3N(Cc3ccc(F)cc3)C1=O)N2. The van der Waals surface area contributed by atoms with E-state index in [4.69, 9.17) is 0 Å². The predicted molar refractivity (Wildman–Crippen MR) is 150 cm³/mol. The fraction of sp³-hybridized carbons (Fsp3) is 0.481. The molecule has 2 aliphatic heterocycles. The highest BCUT2D eigenvalue weighted by Crippen LogP contribution is 2.51. The Labute approximate surface area is 236 Å². The number of nitrogens with one attached hydrogen (secondary N) is 1. The van der Waals surface area contributed by atoms with Gasteiger partial charge in [-0.25, -0.2) is 12.8 Å². The molecule has 0 saturated heterocycles. The van der Waals surface area contributed by atoms with Crippen LogP contribution in [-0.2, 0) is 37.6 Å². The highest BCUT2D eigenvalue weighted by molar-refractivity contribution is 7.91. The zero-order valence-electron chi connectivity index (χ0n) is 21.8. The Kier molecular flexibility index (Phi) is 6.82. The number of sulfonamides is 1. The Balaban J connectivity index is 1.42. The van der Waals surface area contributed by atoms with Crippen molar-refractivity contribution in [1.82, 2.24) is 4.90 Å². The van der Waals surface area contributed by atoms with Crippen LogP contribution in [0, 0.1) is 23.6 Å². The second kappa shape index (κ2) is 9.95. The standard InChI is InChI=1S/C27H30FN3O6S3/c1-39(34,35)12-11-18-14-38-26-24(18)40(36,37)30-25(29-26)21-23(32)20-16-3-2-4-17(8-7-16)22(20)31(27(21)33)13-15-5-9-19(28)10-6-15/h5-6,9-10,14,16-17,20,22,32H,2-4,7-8,11-13H2,1H3,(H,29,30). The number of carbonyl (C=O) groups excluding carboxylic acids is 1. The van der Waals surface area contributed by atoms with Crippen molar-refractivity contribution >= 4 is 47.9 Å². The van der Waals surface area contributed by atoms with E-state index in [1.807, 2.05) is 0 Å². The van der Waals surface area contributed by atoms with Crippen molar-refractivity contribution in [1.29, 1.82) is 0 Å². The highest BCUT2D eigenvalue weighted by atomic mass is 32.2. The van der Waals surface area contributed by atoms with E-state index >= 15 is 0 Å². The lowest BCUT2D eigenvalue weighted by Gasteiger charge is -2.49. The van der Waals surface area contributed by atoms with Gasteiger partial charge in [-0.05, 0) is 72.6 Å². The number of fused-ring (bicyclic) bond motifs is 4. The van der Waals surface area contributed by atoms with Crippen LogP contribution in [0.4, 0.5) is 9.39 Å². The molecule has 1 amide bonds. The van der Waals surface area contributed by atoms with E-state index in [-0.39, 0.29) is 75.4 Å². The van der Waals surface area contributed by atoms with Crippen molar-refractivity contribution in [2.24, 2.45) is 22.2 Å². The maximum Gasteiger partial charge on any atom is 0.287 e. The number of aryl methyl sites for hydroxylation is 1. The average Bonchev–Trinajstić information content (AvgIpc) is 3.05. The molecule has 1 aromatic carbocycles. The van der Waals surface area contributed by atoms with Crippen molar-refractivity contribution in [2.45, 2.75) is 56.0 Å². The zero-order chi connectivity index (χ0) is 28.4. The summed E-state index contributed by atoms with van der Waals surface area (Å²) in [7, 11) is -7.60. The Morgan fingerprint density at radius 2 is 1.85 bits per heavy atom. The first kappa shape index (κ1) is 27.4. The first-order valence-electron chi connectivity index (χ1n) is 13.3. The molecule has 3 saturated carbocycles. The number of hydrogen-bond acceptors (Lipinski definition) is 8. The molecule has 13 heteroatoms. The second-order valence-electron chi connectivity index (χ2n) is 11.2. The summed E-state index contributed by atoms with van der Waals surface area (Å²) < 4.78 is 67.7. The normalized spacial score (nSPS) is 27.5. The number of halogens is 1. The quantitative estimate of drug-likeness (QED) is 0.507. The molecule has 5 aliphatic rings. The molecule has 2 aromatic rings. The van der Waals surface area contributed by atoms with Gasteiger partial charge in [0, 0.05) is 24.8 Å². The van der Waals surface area contributed by atoms with E-state index in [1.165, 1.54) is 12.1 Å². The van der Waals surface area contributed by atoms with Crippen LogP contribution < -0.4 is 5.32 Å². The number of amides is 1. The molecule has 2 N–H and O–H groups in total. The molecule has 2 bridgehead atoms. The number of benzene rings is 1. The zero-order valence-corrected chi connectivity index (χ0v) is 24.3. The van der Waals surface area contributed by atoms with Gasteiger partial charge in [0.1, 0.15) is 36.9 Å². The van der Waals surface area contributed by atoms with Gasteiger partial charge in [0.25, 0.3) is 15.9 Å². The van der Waals surface area contributed by atoms with Gasteiger partial charge in [-0.3, -0.25) is 4.79 Å². The van der Waals surface area contributed by atoms with Gasteiger partial charge in [0.05, 0.1) is 5.75 Å². The third kappa shape index (κ3) is 4.85. The molecule has 0 radical (unpaired) electrons. The summed E-state index contributed by atoms with van der Waals surface area (Å²) in [4.78, 5) is 15.8. The van der Waals surface area contributed by atoms with Crippen LogP contribution in [-0.4, -0.2) is 56.6 Å². The van der Waals surface area contributed by atoms with Gasteiger partial charge >= 0.3 is 0 Å². The number of carbonyl (C=O) groups is 1. The molecule has 0 spiro atoms. The number of anilines is 1. The van der Waals surface area contributed by atoms with Crippen LogP contribution in [0.2, 0.25) is 0 Å². The smallest absolute Gasteiger partial charge is 0.287 e. The van der Waals surface area contributed by atoms with Crippen molar-refractivity contribution in [2.75, 3.05) is 17.3 Å². The van der Waals surface area contributed by atoms with Gasteiger partial charge in [-0.15, -0.1) is 15.7 Å². The summed E-state index contributed by atoms with van der Waals surface area (Å²) in [5, 5.41) is 16.4. The predicted octanol–water partition coefficient (Wildman–Crippen LogP) is 4.04. The lowest BCUT2D eigenvalue weighted by atomic mass is 9.67. The highest BCUT2D eigenvalue weighted by Gasteiger charge is 2.53. The molecule has 214 valence electrons. The molecule has 7 rings (SSSR count). The van der Waals surface area contributed by atoms with Gasteiger partial charge in [-0.2, -0.15) is 8.42 Å². The number of nitrogens with zero attached hydrogens (tertiary/aromatic N) is 2. The van der Waals surface area contributed by atoms with Crippen LogP contribution in [0.15, 0.2) is 50.3 Å². The van der Waals surface area contributed by atoms with Crippen molar-refractivity contribution in [3.8, 4) is 0 Å². The Hall–Kier alpha value is -2.77. The summed E-state index contributed by atoms with van der Waals surface area (Å²) in [6, 6.07) is 5.69. The van der Waals surface area contributed by atoms with Gasteiger partial charge < -0.3 is 15.3 Å². The molecule has 4 atom stereocenters. The fourth-order valence-corrected chi connectivity index (χ4v) is 10.1. The summed E-state index contributed by atoms with van der Waals surface area (Å²) >= 11 is 1.09. The van der Waals surface area contributed by atoms with E-state index in [2.05, 4.69) is 9.71 Å². The Morgan fingerprint density at radius 3 is 2.58 bits per heavy atom. The molecule has 40 heavy (non-hydrogen) atoms. The largest absolute Gasteiger partial charge is 0.511 e. The summed E-state index contributed by atoms with van der Waals surface area (Å²) in [6.07, 6.45) is 5.81. The first-order chi connectivity index (χ1) is 18.9. The minimum atomic E-state index is -4.29. The number of aliphatic hydroxyl groups is 1. The lowest BCUT2D eigenvalue weighted by molar-refractivity contribution is -0.136. The van der Waals surface area contributed by atoms with Gasteiger partial charge in [0.15, 0.2) is 5.84 Å². The molecule has 4 unspecified atom stereocenters.